The maximum atomic E-state index is 10.8. The van der Waals surface area contributed by atoms with E-state index in [9.17, 15) is 10.1 Å². The van der Waals surface area contributed by atoms with Crippen LogP contribution < -0.4 is 0 Å². The van der Waals surface area contributed by atoms with E-state index in [1.54, 1.807) is 16.6 Å². The molecule has 1 aliphatic carbocycles. The van der Waals surface area contributed by atoms with E-state index >= 15 is 0 Å². The van der Waals surface area contributed by atoms with Gasteiger partial charge in [-0.15, -0.1) is 0 Å². The van der Waals surface area contributed by atoms with E-state index in [4.69, 9.17) is 0 Å². The van der Waals surface area contributed by atoms with Gasteiger partial charge in [-0.2, -0.15) is 5.10 Å². The average molecular weight is 320 g/mol. The Morgan fingerprint density at radius 3 is 2.67 bits per heavy atom. The summed E-state index contributed by atoms with van der Waals surface area (Å²) in [5.74, 6) is 1.40. The number of hydrogen-bond donors (Lipinski definition) is 0. The molecule has 2 aromatic heterocycles. The topological polar surface area (TPSA) is 73.3 Å². The first-order chi connectivity index (χ1) is 11.6. The number of non-ortho nitro benzene ring substituents is 1. The van der Waals surface area contributed by atoms with Crippen molar-refractivity contribution in [3.8, 4) is 11.3 Å². The van der Waals surface area contributed by atoms with Crippen molar-refractivity contribution in [2.24, 2.45) is 5.92 Å². The SMILES string of the molecule is C=C(Cc1nc2cccc(-c3ccc([N+](=O)[O-])cc3)n2n1)C1CC1. The molecule has 0 amide bonds. The van der Waals surface area contributed by atoms with E-state index in [-0.39, 0.29) is 5.69 Å². The van der Waals surface area contributed by atoms with Gasteiger partial charge in [0, 0.05) is 24.1 Å². The van der Waals surface area contributed by atoms with Crippen LogP contribution in [-0.4, -0.2) is 19.5 Å². The van der Waals surface area contributed by atoms with Crippen molar-refractivity contribution >= 4 is 11.3 Å². The van der Waals surface area contributed by atoms with Crippen LogP contribution in [0.25, 0.3) is 16.9 Å². The lowest BCUT2D eigenvalue weighted by Crippen LogP contribution is -1.97. The Morgan fingerprint density at radius 1 is 1.25 bits per heavy atom. The molecule has 0 radical (unpaired) electrons. The smallest absolute Gasteiger partial charge is 0.258 e. The molecule has 2 heterocycles. The highest BCUT2D eigenvalue weighted by molar-refractivity contribution is 5.64. The molecule has 0 unspecified atom stereocenters. The monoisotopic (exact) mass is 320 g/mol. The minimum atomic E-state index is -0.401. The highest BCUT2D eigenvalue weighted by atomic mass is 16.6. The van der Waals surface area contributed by atoms with E-state index in [0.29, 0.717) is 12.3 Å². The molecular formula is C18H16N4O2. The molecule has 0 saturated heterocycles. The lowest BCUT2D eigenvalue weighted by atomic mass is 10.1. The summed E-state index contributed by atoms with van der Waals surface area (Å²) in [5.41, 5.74) is 3.76. The molecule has 0 bridgehead atoms. The van der Waals surface area contributed by atoms with E-state index in [2.05, 4.69) is 16.7 Å². The fraction of sp³-hybridized carbons (Fsp3) is 0.222. The van der Waals surface area contributed by atoms with Crippen molar-refractivity contribution in [1.29, 1.82) is 0 Å². The summed E-state index contributed by atoms with van der Waals surface area (Å²) in [6, 6.07) is 12.2. The lowest BCUT2D eigenvalue weighted by molar-refractivity contribution is -0.384. The Hall–Kier alpha value is -3.02. The molecular weight excluding hydrogens is 304 g/mol. The normalized spacial score (nSPS) is 14.0. The molecule has 0 spiro atoms. The van der Waals surface area contributed by atoms with Crippen molar-refractivity contribution in [2.45, 2.75) is 19.3 Å². The third-order valence-electron chi connectivity index (χ3n) is 4.32. The summed E-state index contributed by atoms with van der Waals surface area (Å²) in [7, 11) is 0. The van der Waals surface area contributed by atoms with Gasteiger partial charge in [0.25, 0.3) is 5.69 Å². The maximum absolute atomic E-state index is 10.8. The molecule has 1 fully saturated rings. The summed E-state index contributed by atoms with van der Waals surface area (Å²) in [5, 5.41) is 15.4. The van der Waals surface area contributed by atoms with Crippen molar-refractivity contribution in [1.82, 2.24) is 14.6 Å². The van der Waals surface area contributed by atoms with Crippen LogP contribution in [0, 0.1) is 16.0 Å². The Bertz CT molecular complexity index is 939. The van der Waals surface area contributed by atoms with Crippen LogP contribution >= 0.6 is 0 Å². The van der Waals surface area contributed by atoms with Gasteiger partial charge in [0.2, 0.25) is 0 Å². The minimum absolute atomic E-state index is 0.0749. The average Bonchev–Trinajstić information content (AvgIpc) is 3.35. The standard InChI is InChI=1S/C18H16N4O2/c1-12(13-5-6-13)11-17-19-18-4-2-3-16(21(18)20-17)14-7-9-15(10-8-14)22(23)24/h2-4,7-10,13H,1,5-6,11H2. The molecule has 0 aliphatic heterocycles. The Labute approximate surface area is 138 Å². The molecule has 0 N–H and O–H groups in total. The van der Waals surface area contributed by atoms with E-state index in [1.165, 1.54) is 30.5 Å². The lowest BCUT2D eigenvalue weighted by Gasteiger charge is -2.03. The Morgan fingerprint density at radius 2 is 2.00 bits per heavy atom. The predicted molar refractivity (Wildman–Crippen MR) is 90.6 cm³/mol. The Balaban J connectivity index is 1.70. The largest absolute Gasteiger partial charge is 0.269 e. The zero-order chi connectivity index (χ0) is 16.7. The van der Waals surface area contributed by atoms with E-state index in [1.807, 2.05) is 18.2 Å². The van der Waals surface area contributed by atoms with Crippen LogP contribution in [0.5, 0.6) is 0 Å². The number of rotatable bonds is 5. The minimum Gasteiger partial charge on any atom is -0.258 e. The molecule has 1 saturated carbocycles. The molecule has 1 aromatic carbocycles. The Kier molecular flexibility index (Phi) is 3.37. The number of aromatic nitrogens is 3. The molecule has 0 atom stereocenters. The zero-order valence-corrected chi connectivity index (χ0v) is 13.1. The number of allylic oxidation sites excluding steroid dienone is 1. The fourth-order valence-electron chi connectivity index (χ4n) is 2.84. The van der Waals surface area contributed by atoms with Gasteiger partial charge in [-0.25, -0.2) is 9.50 Å². The highest BCUT2D eigenvalue weighted by Gasteiger charge is 2.25. The van der Waals surface area contributed by atoms with Crippen LogP contribution in [0.4, 0.5) is 5.69 Å². The predicted octanol–water partition coefficient (Wildman–Crippen LogP) is 3.81. The van der Waals surface area contributed by atoms with Crippen molar-refractivity contribution in [3.63, 3.8) is 0 Å². The van der Waals surface area contributed by atoms with Gasteiger partial charge in [0.15, 0.2) is 11.5 Å². The molecule has 120 valence electrons. The second-order valence-corrected chi connectivity index (χ2v) is 6.12. The zero-order valence-electron chi connectivity index (χ0n) is 13.1. The molecule has 6 heteroatoms. The van der Waals surface area contributed by atoms with Crippen LogP contribution in [-0.2, 0) is 6.42 Å². The van der Waals surface area contributed by atoms with E-state index < -0.39 is 4.92 Å². The van der Waals surface area contributed by atoms with E-state index in [0.717, 1.165) is 22.7 Å². The fourth-order valence-corrected chi connectivity index (χ4v) is 2.84. The molecule has 24 heavy (non-hydrogen) atoms. The first-order valence-corrected chi connectivity index (χ1v) is 7.89. The molecule has 6 nitrogen and oxygen atoms in total. The first kappa shape index (κ1) is 14.6. The second-order valence-electron chi connectivity index (χ2n) is 6.12. The number of benzene rings is 1. The summed E-state index contributed by atoms with van der Waals surface area (Å²) in [4.78, 5) is 15.0. The van der Waals surface area contributed by atoms with Gasteiger partial charge in [-0.1, -0.05) is 18.2 Å². The van der Waals surface area contributed by atoms with Crippen molar-refractivity contribution in [2.75, 3.05) is 0 Å². The second kappa shape index (κ2) is 5.56. The quantitative estimate of drug-likeness (QED) is 0.407. The highest BCUT2D eigenvalue weighted by Crippen LogP contribution is 2.36. The summed E-state index contributed by atoms with van der Waals surface area (Å²) in [6.07, 6.45) is 3.15. The molecule has 4 rings (SSSR count). The van der Waals surface area contributed by atoms with Crippen molar-refractivity contribution in [3.05, 3.63) is 70.6 Å². The van der Waals surface area contributed by atoms with Gasteiger partial charge < -0.3 is 0 Å². The van der Waals surface area contributed by atoms with Gasteiger partial charge in [0.05, 0.1) is 10.6 Å². The summed E-state index contributed by atoms with van der Waals surface area (Å²) in [6.45, 7) is 4.14. The number of nitro groups is 1. The number of fused-ring (bicyclic) bond motifs is 1. The van der Waals surface area contributed by atoms with Gasteiger partial charge in [0.1, 0.15) is 0 Å². The number of nitrogens with zero attached hydrogens (tertiary/aromatic N) is 4. The van der Waals surface area contributed by atoms with Gasteiger partial charge in [-0.05, 0) is 43.0 Å². The summed E-state index contributed by atoms with van der Waals surface area (Å²) < 4.78 is 1.79. The third-order valence-corrected chi connectivity index (χ3v) is 4.32. The van der Waals surface area contributed by atoms with Crippen LogP contribution in [0.15, 0.2) is 54.6 Å². The molecule has 1 aliphatic rings. The molecule has 3 aromatic rings. The van der Waals surface area contributed by atoms with Crippen LogP contribution in [0.3, 0.4) is 0 Å². The third kappa shape index (κ3) is 2.67. The number of nitro benzene ring substituents is 1. The van der Waals surface area contributed by atoms with Gasteiger partial charge in [-0.3, -0.25) is 10.1 Å². The van der Waals surface area contributed by atoms with Crippen molar-refractivity contribution < 1.29 is 4.92 Å². The van der Waals surface area contributed by atoms with Gasteiger partial charge >= 0.3 is 0 Å². The first-order valence-electron chi connectivity index (χ1n) is 7.89. The van der Waals surface area contributed by atoms with Crippen LogP contribution in [0.2, 0.25) is 0 Å². The number of hydrogen-bond acceptors (Lipinski definition) is 4. The number of pyridine rings is 1. The van der Waals surface area contributed by atoms with Crippen LogP contribution in [0.1, 0.15) is 18.7 Å². The maximum Gasteiger partial charge on any atom is 0.269 e. The summed E-state index contributed by atoms with van der Waals surface area (Å²) >= 11 is 0.